The first kappa shape index (κ1) is 26.1. The van der Waals surface area contributed by atoms with Gasteiger partial charge >= 0.3 is 0 Å². The Morgan fingerprint density at radius 2 is 1.69 bits per heavy atom. The van der Waals surface area contributed by atoms with Crippen LogP contribution in [0.25, 0.3) is 5.69 Å². The summed E-state index contributed by atoms with van der Waals surface area (Å²) in [5.41, 5.74) is 7.36. The van der Waals surface area contributed by atoms with Crippen LogP contribution >= 0.6 is 35.4 Å². The van der Waals surface area contributed by atoms with Gasteiger partial charge in [-0.1, -0.05) is 29.3 Å². The first-order chi connectivity index (χ1) is 18.9. The van der Waals surface area contributed by atoms with Gasteiger partial charge in [-0.25, -0.2) is 0 Å². The fourth-order valence-corrected chi connectivity index (χ4v) is 6.55. The fourth-order valence-electron chi connectivity index (χ4n) is 5.71. The van der Waals surface area contributed by atoms with Gasteiger partial charge in [0.25, 0.3) is 0 Å². The van der Waals surface area contributed by atoms with Gasteiger partial charge in [0.15, 0.2) is 5.11 Å². The lowest BCUT2D eigenvalue weighted by atomic mass is 9.96. The van der Waals surface area contributed by atoms with Gasteiger partial charge in [-0.05, 0) is 92.3 Å². The van der Waals surface area contributed by atoms with Crippen LogP contribution in [0.15, 0.2) is 72.9 Å². The lowest BCUT2D eigenvalue weighted by molar-refractivity contribution is 0.122. The van der Waals surface area contributed by atoms with Crippen molar-refractivity contribution in [3.63, 3.8) is 0 Å². The zero-order valence-corrected chi connectivity index (χ0v) is 24.1. The summed E-state index contributed by atoms with van der Waals surface area (Å²) in [6.07, 6.45) is 1.83. The monoisotopic (exact) mass is 577 g/mol. The van der Waals surface area contributed by atoms with Crippen LogP contribution in [0.1, 0.15) is 34.7 Å². The normalized spacial score (nSPS) is 19.4. The molecule has 6 rings (SSSR count). The molecular weight excluding hydrogens is 549 g/mol. The van der Waals surface area contributed by atoms with Gasteiger partial charge < -0.3 is 24.4 Å². The summed E-state index contributed by atoms with van der Waals surface area (Å²) >= 11 is 18.8. The number of halogens is 2. The van der Waals surface area contributed by atoms with Crippen LogP contribution in [0.3, 0.4) is 0 Å². The summed E-state index contributed by atoms with van der Waals surface area (Å²) < 4.78 is 7.71. The van der Waals surface area contributed by atoms with E-state index in [2.05, 4.69) is 63.9 Å². The van der Waals surface area contributed by atoms with Gasteiger partial charge in [-0.3, -0.25) is 4.98 Å². The van der Waals surface area contributed by atoms with Crippen LogP contribution in [-0.2, 0) is 4.74 Å². The number of morpholine rings is 1. The molecule has 0 aliphatic carbocycles. The SMILES string of the molecule is Cc1cc(C2C(c3ccccn3)NC(=S)N2c2ccc(N3CCOCC3)cc2)c(C)n1-c1ccc(Cl)cc1Cl. The number of hydrogen-bond donors (Lipinski definition) is 1. The van der Waals surface area contributed by atoms with E-state index in [0.29, 0.717) is 15.2 Å². The number of pyridine rings is 1. The number of aromatic nitrogens is 2. The van der Waals surface area contributed by atoms with E-state index in [-0.39, 0.29) is 12.1 Å². The Bertz CT molecular complexity index is 1500. The van der Waals surface area contributed by atoms with Crippen molar-refractivity contribution in [2.45, 2.75) is 25.9 Å². The molecule has 2 aromatic heterocycles. The van der Waals surface area contributed by atoms with E-state index >= 15 is 0 Å². The predicted octanol–water partition coefficient (Wildman–Crippen LogP) is 6.81. The van der Waals surface area contributed by atoms with E-state index in [4.69, 9.17) is 45.1 Å². The molecule has 0 amide bonds. The molecule has 0 radical (unpaired) electrons. The molecule has 2 unspecified atom stereocenters. The summed E-state index contributed by atoms with van der Waals surface area (Å²) in [5.74, 6) is 0. The van der Waals surface area contributed by atoms with Gasteiger partial charge in [0.1, 0.15) is 0 Å². The largest absolute Gasteiger partial charge is 0.378 e. The fraction of sp³-hybridized carbons (Fsp3) is 0.267. The minimum Gasteiger partial charge on any atom is -0.378 e. The molecule has 6 nitrogen and oxygen atoms in total. The number of aryl methyl sites for hydroxylation is 1. The smallest absolute Gasteiger partial charge is 0.174 e. The lowest BCUT2D eigenvalue weighted by Crippen LogP contribution is -2.36. The van der Waals surface area contributed by atoms with Crippen LogP contribution < -0.4 is 15.1 Å². The zero-order valence-electron chi connectivity index (χ0n) is 21.8. The maximum Gasteiger partial charge on any atom is 0.174 e. The van der Waals surface area contributed by atoms with Crippen LogP contribution in [0, 0.1) is 13.8 Å². The highest BCUT2D eigenvalue weighted by atomic mass is 35.5. The van der Waals surface area contributed by atoms with E-state index < -0.39 is 0 Å². The number of nitrogens with zero attached hydrogens (tertiary/aromatic N) is 4. The van der Waals surface area contributed by atoms with E-state index in [0.717, 1.165) is 60.3 Å². The third-order valence-electron chi connectivity index (χ3n) is 7.54. The summed E-state index contributed by atoms with van der Waals surface area (Å²) in [5, 5.41) is 5.46. The molecule has 2 aromatic carbocycles. The number of hydrogen-bond acceptors (Lipinski definition) is 4. The first-order valence-corrected chi connectivity index (χ1v) is 14.2. The van der Waals surface area contributed by atoms with Gasteiger partial charge in [0, 0.05) is 47.1 Å². The molecule has 4 aromatic rings. The standard InChI is InChI=1S/C30H29Cl2N5OS/c1-19-17-24(20(2)36(19)27-11-6-21(31)18-25(27)32)29-28(26-5-3-4-12-33-26)34-30(39)37(29)23-9-7-22(8-10-23)35-13-15-38-16-14-35/h3-12,17-18,28-29H,13-16H2,1-2H3,(H,34,39). The van der Waals surface area contributed by atoms with Crippen molar-refractivity contribution in [2.24, 2.45) is 0 Å². The molecule has 2 aliphatic heterocycles. The minimum absolute atomic E-state index is 0.118. The van der Waals surface area contributed by atoms with Crippen molar-refractivity contribution in [2.75, 3.05) is 36.1 Å². The Kier molecular flexibility index (Phi) is 7.25. The zero-order chi connectivity index (χ0) is 27.1. The van der Waals surface area contributed by atoms with Crippen LogP contribution in [0.2, 0.25) is 10.0 Å². The Balaban J connectivity index is 1.44. The third kappa shape index (κ3) is 4.89. The Morgan fingerprint density at radius 3 is 2.38 bits per heavy atom. The second-order valence-electron chi connectivity index (χ2n) is 9.87. The molecule has 2 fully saturated rings. The van der Waals surface area contributed by atoms with E-state index in [1.807, 2.05) is 36.5 Å². The van der Waals surface area contributed by atoms with Crippen molar-refractivity contribution in [1.29, 1.82) is 0 Å². The molecular formula is C30H29Cl2N5OS. The molecule has 200 valence electrons. The Morgan fingerprint density at radius 1 is 0.949 bits per heavy atom. The molecule has 0 spiro atoms. The molecule has 4 heterocycles. The van der Waals surface area contributed by atoms with Gasteiger partial charge in [0.05, 0.1) is 41.7 Å². The van der Waals surface area contributed by atoms with Gasteiger partial charge in [-0.15, -0.1) is 0 Å². The average Bonchev–Trinajstić information content (AvgIpc) is 3.45. The quantitative estimate of drug-likeness (QED) is 0.263. The number of ether oxygens (including phenoxy) is 1. The highest BCUT2D eigenvalue weighted by Crippen LogP contribution is 2.44. The molecule has 2 aliphatic rings. The van der Waals surface area contributed by atoms with Crippen LogP contribution in [0.5, 0.6) is 0 Å². The number of rotatable bonds is 5. The molecule has 1 N–H and O–H groups in total. The maximum absolute atomic E-state index is 6.66. The molecule has 39 heavy (non-hydrogen) atoms. The predicted molar refractivity (Wildman–Crippen MR) is 163 cm³/mol. The average molecular weight is 579 g/mol. The summed E-state index contributed by atoms with van der Waals surface area (Å²) in [4.78, 5) is 9.27. The minimum atomic E-state index is -0.132. The van der Waals surface area contributed by atoms with Crippen molar-refractivity contribution < 1.29 is 4.74 Å². The van der Waals surface area contributed by atoms with Crippen molar-refractivity contribution in [3.8, 4) is 5.69 Å². The van der Waals surface area contributed by atoms with E-state index in [9.17, 15) is 0 Å². The molecule has 2 atom stereocenters. The number of benzene rings is 2. The number of nitrogens with one attached hydrogen (secondary N) is 1. The Labute approximate surface area is 244 Å². The molecule has 0 bridgehead atoms. The topological polar surface area (TPSA) is 45.6 Å². The molecule has 2 saturated heterocycles. The van der Waals surface area contributed by atoms with Crippen molar-refractivity contribution >= 4 is 51.9 Å². The van der Waals surface area contributed by atoms with Crippen LogP contribution in [-0.4, -0.2) is 41.0 Å². The second kappa shape index (κ2) is 10.8. The highest BCUT2D eigenvalue weighted by Gasteiger charge is 2.42. The molecule has 0 saturated carbocycles. The summed E-state index contributed by atoms with van der Waals surface area (Å²) in [6, 6.07) is 22.2. The van der Waals surface area contributed by atoms with Gasteiger partial charge in [0.2, 0.25) is 0 Å². The van der Waals surface area contributed by atoms with E-state index in [1.165, 1.54) is 5.69 Å². The third-order valence-corrected chi connectivity index (χ3v) is 8.39. The van der Waals surface area contributed by atoms with Crippen molar-refractivity contribution in [3.05, 3.63) is 106 Å². The summed E-state index contributed by atoms with van der Waals surface area (Å²) in [7, 11) is 0. The first-order valence-electron chi connectivity index (χ1n) is 13.0. The second-order valence-corrected chi connectivity index (χ2v) is 11.1. The number of anilines is 2. The highest BCUT2D eigenvalue weighted by molar-refractivity contribution is 7.80. The Hall–Kier alpha value is -3.10. The van der Waals surface area contributed by atoms with Crippen molar-refractivity contribution in [1.82, 2.24) is 14.9 Å². The maximum atomic E-state index is 6.66. The van der Waals surface area contributed by atoms with Gasteiger partial charge in [-0.2, -0.15) is 0 Å². The lowest BCUT2D eigenvalue weighted by Gasteiger charge is -2.31. The summed E-state index contributed by atoms with van der Waals surface area (Å²) in [6.45, 7) is 7.52. The van der Waals surface area contributed by atoms with Crippen LogP contribution in [0.4, 0.5) is 11.4 Å². The molecule has 9 heteroatoms. The number of thiocarbonyl (C=S) groups is 1. The van der Waals surface area contributed by atoms with E-state index in [1.54, 1.807) is 6.07 Å².